The molecule has 17 heteroatoms. The number of carboxylic acids is 1. The lowest BCUT2D eigenvalue weighted by atomic mass is 10.0. The van der Waals surface area contributed by atoms with E-state index in [4.69, 9.17) is 15.6 Å². The number of aliphatic carboxylic acids is 1. The molecule has 1 saturated heterocycles. The summed E-state index contributed by atoms with van der Waals surface area (Å²) in [6.45, 7) is 1.32. The van der Waals surface area contributed by atoms with E-state index in [1.54, 1.807) is 0 Å². The molecule has 4 amide bonds. The van der Waals surface area contributed by atoms with E-state index < -0.39 is 90.5 Å². The number of phenols is 2. The quantitative estimate of drug-likeness (QED) is 0.152. The second kappa shape index (κ2) is 13.7. The molecule has 9 N–H and O–H groups in total. The van der Waals surface area contributed by atoms with Crippen LogP contribution in [0.15, 0.2) is 6.07 Å². The molecule has 1 aromatic carbocycles. The van der Waals surface area contributed by atoms with Gasteiger partial charge in [0.2, 0.25) is 23.6 Å². The Hall–Kier alpha value is -4.09. The van der Waals surface area contributed by atoms with Crippen molar-refractivity contribution in [3.63, 3.8) is 0 Å². The molecule has 0 aliphatic carbocycles. The number of phenolic OH excluding ortho intramolecular Hbond substituents is 2. The lowest BCUT2D eigenvalue weighted by Gasteiger charge is -2.29. The number of ether oxygens (including phenoxy) is 1. The first-order valence-electron chi connectivity index (χ1n) is 12.9. The van der Waals surface area contributed by atoms with Crippen LogP contribution < -0.4 is 21.7 Å². The summed E-state index contributed by atoms with van der Waals surface area (Å²) in [6.07, 6.45) is -1.22. The summed E-state index contributed by atoms with van der Waals surface area (Å²) in [5, 5.41) is 46.9. The van der Waals surface area contributed by atoms with E-state index in [1.807, 2.05) is 0 Å². The number of benzene rings is 1. The van der Waals surface area contributed by atoms with Gasteiger partial charge in [0.05, 0.1) is 17.7 Å². The van der Waals surface area contributed by atoms with Crippen LogP contribution in [0.5, 0.6) is 11.5 Å². The number of nitrogens with one attached hydrogen (secondary N) is 3. The van der Waals surface area contributed by atoms with Crippen molar-refractivity contribution in [2.24, 2.45) is 5.73 Å². The molecule has 0 unspecified atom stereocenters. The number of carboxylic acid groups (broad SMARTS) is 1. The highest BCUT2D eigenvalue weighted by Gasteiger charge is 2.43. The molecule has 0 saturated carbocycles. The lowest BCUT2D eigenvalue weighted by molar-refractivity contribution is -0.142. The summed E-state index contributed by atoms with van der Waals surface area (Å²) in [5.74, 6) is -6.79. The number of nitrogens with two attached hydrogens (primary N) is 1. The third kappa shape index (κ3) is 7.40. The molecule has 2 heterocycles. The average Bonchev–Trinajstić information content (AvgIpc) is 3.31. The van der Waals surface area contributed by atoms with Gasteiger partial charge < -0.3 is 51.7 Å². The fourth-order valence-electron chi connectivity index (χ4n) is 4.52. The Labute approximate surface area is 243 Å². The molecule has 1 fully saturated rings. The number of fused-ring (bicyclic) bond motifs is 1. The molecule has 16 nitrogen and oxygen atoms in total. The molecule has 0 aromatic heterocycles. The summed E-state index contributed by atoms with van der Waals surface area (Å²) in [5.41, 5.74) is 5.64. The molecule has 42 heavy (non-hydrogen) atoms. The second-order valence-electron chi connectivity index (χ2n) is 9.86. The molecular formula is C25H33N5O11S. The number of hydrogen-bond donors (Lipinski definition) is 8. The third-order valence-electron chi connectivity index (χ3n) is 6.75. The minimum Gasteiger partial charge on any atom is -0.508 e. The van der Waals surface area contributed by atoms with Gasteiger partial charge in [-0.1, -0.05) is 0 Å². The van der Waals surface area contributed by atoms with Crippen molar-refractivity contribution in [1.82, 2.24) is 20.9 Å². The van der Waals surface area contributed by atoms with Crippen LogP contribution in [0.4, 0.5) is 0 Å². The van der Waals surface area contributed by atoms with Gasteiger partial charge >= 0.3 is 11.9 Å². The average molecular weight is 612 g/mol. The van der Waals surface area contributed by atoms with Crippen LogP contribution in [0, 0.1) is 6.92 Å². The van der Waals surface area contributed by atoms with E-state index >= 15 is 0 Å². The van der Waals surface area contributed by atoms with Crippen molar-refractivity contribution >= 4 is 47.3 Å². The molecular weight excluding hydrogens is 578 g/mol. The van der Waals surface area contributed by atoms with Crippen molar-refractivity contribution < 1.29 is 53.9 Å². The zero-order valence-electron chi connectivity index (χ0n) is 22.8. The maximum Gasteiger partial charge on any atom is 0.339 e. The van der Waals surface area contributed by atoms with Crippen LogP contribution in [0.1, 0.15) is 34.8 Å². The summed E-state index contributed by atoms with van der Waals surface area (Å²) in [6, 6.07) is -4.31. The SMILES string of the molecule is Cc1c(O)cc(O)c2c1C(=O)OC[C@@H](NC(=O)[C@@H]1[C@@H](O)CCN1C(=O)[C@H](C)N)C(=O)N[C@H](C(=O)NCC(=O)O)CSC2. The van der Waals surface area contributed by atoms with Crippen LogP contribution >= 0.6 is 11.8 Å². The molecule has 0 bridgehead atoms. The van der Waals surface area contributed by atoms with Crippen LogP contribution in [0.2, 0.25) is 0 Å². The molecule has 1 aromatic rings. The van der Waals surface area contributed by atoms with E-state index in [9.17, 15) is 44.1 Å². The Morgan fingerprint density at radius 3 is 2.55 bits per heavy atom. The molecule has 2 aliphatic rings. The highest BCUT2D eigenvalue weighted by atomic mass is 32.2. The molecule has 230 valence electrons. The highest BCUT2D eigenvalue weighted by molar-refractivity contribution is 7.98. The Balaban J connectivity index is 1.95. The highest BCUT2D eigenvalue weighted by Crippen LogP contribution is 2.35. The lowest BCUT2D eigenvalue weighted by Crippen LogP contribution is -2.60. The molecule has 5 atom stereocenters. The normalized spacial score (nSPS) is 23.8. The monoisotopic (exact) mass is 611 g/mol. The van der Waals surface area contributed by atoms with E-state index in [-0.39, 0.29) is 41.2 Å². The van der Waals surface area contributed by atoms with Crippen LogP contribution in [0.3, 0.4) is 0 Å². The van der Waals surface area contributed by atoms with Crippen molar-refractivity contribution in [3.05, 3.63) is 22.8 Å². The Bertz CT molecular complexity index is 1270. The topological polar surface area (TPSA) is 258 Å². The van der Waals surface area contributed by atoms with E-state index in [0.717, 1.165) is 22.7 Å². The zero-order valence-corrected chi connectivity index (χ0v) is 23.6. The summed E-state index contributed by atoms with van der Waals surface area (Å²) < 4.78 is 5.31. The zero-order chi connectivity index (χ0) is 31.3. The number of cyclic esters (lactones) is 1. The van der Waals surface area contributed by atoms with Crippen molar-refractivity contribution in [1.29, 1.82) is 0 Å². The van der Waals surface area contributed by atoms with Gasteiger partial charge in [-0.15, -0.1) is 0 Å². The Morgan fingerprint density at radius 2 is 1.90 bits per heavy atom. The van der Waals surface area contributed by atoms with Crippen LogP contribution in [0.25, 0.3) is 0 Å². The first-order chi connectivity index (χ1) is 19.7. The minimum atomic E-state index is -1.64. The van der Waals surface area contributed by atoms with Crippen LogP contribution in [-0.2, 0) is 34.5 Å². The number of nitrogens with zero attached hydrogens (tertiary/aromatic N) is 1. The van der Waals surface area contributed by atoms with Gasteiger partial charge in [-0.2, -0.15) is 11.8 Å². The van der Waals surface area contributed by atoms with Gasteiger partial charge in [-0.3, -0.25) is 24.0 Å². The number of likely N-dealkylation sites (tertiary alicyclic amines) is 1. The number of carbonyl (C=O) groups is 6. The van der Waals surface area contributed by atoms with Crippen molar-refractivity contribution in [2.45, 2.75) is 56.3 Å². The number of esters is 1. The number of carbonyl (C=O) groups excluding carboxylic acids is 5. The summed E-state index contributed by atoms with van der Waals surface area (Å²) in [4.78, 5) is 77.0. The van der Waals surface area contributed by atoms with Gasteiger partial charge in [0, 0.05) is 35.2 Å². The number of amides is 4. The number of aromatic hydroxyl groups is 2. The number of thioether (sulfide) groups is 1. The molecule has 3 rings (SSSR count). The molecule has 0 spiro atoms. The van der Waals surface area contributed by atoms with Crippen molar-refractivity contribution in [3.8, 4) is 11.5 Å². The maximum absolute atomic E-state index is 13.3. The largest absolute Gasteiger partial charge is 0.508 e. The number of hydrogen-bond acceptors (Lipinski definition) is 12. The van der Waals surface area contributed by atoms with E-state index in [2.05, 4.69) is 16.0 Å². The fourth-order valence-corrected chi connectivity index (χ4v) is 5.61. The third-order valence-corrected chi connectivity index (χ3v) is 7.81. The Morgan fingerprint density at radius 1 is 1.21 bits per heavy atom. The summed E-state index contributed by atoms with van der Waals surface area (Å²) >= 11 is 1.01. The molecule has 2 aliphatic heterocycles. The van der Waals surface area contributed by atoms with Gasteiger partial charge in [0.1, 0.15) is 42.8 Å². The number of rotatable bonds is 6. The van der Waals surface area contributed by atoms with Gasteiger partial charge in [0.25, 0.3) is 0 Å². The number of aliphatic hydroxyl groups is 1. The van der Waals surface area contributed by atoms with Gasteiger partial charge in [0.15, 0.2) is 0 Å². The first-order valence-corrected chi connectivity index (χ1v) is 14.0. The predicted molar refractivity (Wildman–Crippen MR) is 145 cm³/mol. The molecule has 0 radical (unpaired) electrons. The van der Waals surface area contributed by atoms with Gasteiger partial charge in [-0.05, 0) is 20.3 Å². The first kappa shape index (κ1) is 32.4. The minimum absolute atomic E-state index is 0.0254. The van der Waals surface area contributed by atoms with E-state index in [0.29, 0.717) is 0 Å². The van der Waals surface area contributed by atoms with Crippen molar-refractivity contribution in [2.75, 3.05) is 25.4 Å². The number of aliphatic hydroxyl groups excluding tert-OH is 1. The standard InChI is InChI=1S/C25H33N5O11S/c1-10-16(32)5-17(33)12-8-42-9-14(21(36)27-6-18(34)35)29-22(37)13(7-41-25(40)19(10)12)28-23(38)20-15(31)3-4-30(20)24(39)11(2)26/h5,11,13-15,20,31-33H,3-4,6-9,26H2,1-2H3,(H,27,36)(H,28,38)(H,29,37)(H,34,35)/t11-,13+,14-,15-,20-/m0/s1. The fraction of sp³-hybridized carbons (Fsp3) is 0.520. The predicted octanol–water partition coefficient (Wildman–Crippen LogP) is -2.71. The smallest absolute Gasteiger partial charge is 0.339 e. The second-order valence-corrected chi connectivity index (χ2v) is 10.9. The van der Waals surface area contributed by atoms with E-state index in [1.165, 1.54) is 13.8 Å². The Kier molecular flexibility index (Phi) is 10.6. The van der Waals surface area contributed by atoms with Crippen LogP contribution in [-0.4, -0.2) is 117 Å². The summed E-state index contributed by atoms with van der Waals surface area (Å²) in [7, 11) is 0. The van der Waals surface area contributed by atoms with Gasteiger partial charge in [-0.25, -0.2) is 4.79 Å². The maximum atomic E-state index is 13.3.